The van der Waals surface area contributed by atoms with Crippen LogP contribution in [0.2, 0.25) is 5.02 Å². The van der Waals surface area contributed by atoms with Gasteiger partial charge >= 0.3 is 0 Å². The molecule has 0 saturated heterocycles. The molecule has 0 radical (unpaired) electrons. The van der Waals surface area contributed by atoms with E-state index in [1.807, 2.05) is 4.90 Å². The molecule has 0 atom stereocenters. The molecule has 0 aromatic heterocycles. The monoisotopic (exact) mass is 313 g/mol. The van der Waals surface area contributed by atoms with Crippen LogP contribution in [0.1, 0.15) is 26.7 Å². The molecule has 1 aromatic rings. The summed E-state index contributed by atoms with van der Waals surface area (Å²) in [5.74, 6) is -0.163. The number of nitrogens with two attached hydrogens (primary N) is 1. The van der Waals surface area contributed by atoms with E-state index in [4.69, 9.17) is 22.4 Å². The Bertz CT molecular complexity index is 464. The highest BCUT2D eigenvalue weighted by molar-refractivity contribution is 6.31. The average Bonchev–Trinajstić information content (AvgIpc) is 2.44. The average molecular weight is 314 g/mol. The molecule has 4 N–H and O–H groups in total. The molecule has 5 nitrogen and oxygen atoms in total. The van der Waals surface area contributed by atoms with E-state index in [1.54, 1.807) is 18.2 Å². The molecule has 21 heavy (non-hydrogen) atoms. The highest BCUT2D eigenvalue weighted by atomic mass is 35.5. The zero-order valence-electron chi connectivity index (χ0n) is 12.6. The molecule has 0 unspecified atom stereocenters. The van der Waals surface area contributed by atoms with Crippen molar-refractivity contribution in [2.45, 2.75) is 32.7 Å². The molecule has 0 aliphatic rings. The van der Waals surface area contributed by atoms with Crippen LogP contribution in [-0.2, 0) is 4.79 Å². The summed E-state index contributed by atoms with van der Waals surface area (Å²) >= 11 is 5.90. The van der Waals surface area contributed by atoms with Crippen molar-refractivity contribution in [1.82, 2.24) is 4.90 Å². The fraction of sp³-hybridized carbons (Fsp3) is 0.533. The van der Waals surface area contributed by atoms with Crippen molar-refractivity contribution in [1.29, 1.82) is 0 Å². The fourth-order valence-electron chi connectivity index (χ4n) is 2.34. The van der Waals surface area contributed by atoms with Gasteiger partial charge in [0.1, 0.15) is 0 Å². The summed E-state index contributed by atoms with van der Waals surface area (Å²) in [6.07, 6.45) is 1.87. The third kappa shape index (κ3) is 5.53. The lowest BCUT2D eigenvalue weighted by Crippen LogP contribution is -2.42. The van der Waals surface area contributed by atoms with Crippen LogP contribution in [0.25, 0.3) is 0 Å². The Morgan fingerprint density at radius 2 is 2.10 bits per heavy atom. The van der Waals surface area contributed by atoms with E-state index < -0.39 is 0 Å². The molecule has 6 heteroatoms. The van der Waals surface area contributed by atoms with E-state index in [0.717, 1.165) is 12.8 Å². The number of nitrogens with one attached hydrogen (secondary N) is 1. The van der Waals surface area contributed by atoms with E-state index in [9.17, 15) is 4.79 Å². The minimum Gasteiger partial charge on any atom is -0.397 e. The highest BCUT2D eigenvalue weighted by Crippen LogP contribution is 2.22. The van der Waals surface area contributed by atoms with Crippen LogP contribution in [0.5, 0.6) is 0 Å². The number of hydrogen-bond donors (Lipinski definition) is 3. The first-order valence-corrected chi connectivity index (χ1v) is 7.59. The van der Waals surface area contributed by atoms with Crippen molar-refractivity contribution in [3.8, 4) is 0 Å². The molecule has 0 aliphatic heterocycles. The number of nitrogen functional groups attached to an aromatic ring is 1. The number of amides is 1. The first-order chi connectivity index (χ1) is 10.0. The third-order valence-electron chi connectivity index (χ3n) is 3.48. The molecule has 1 aromatic carbocycles. The van der Waals surface area contributed by atoms with Gasteiger partial charge in [-0.2, -0.15) is 0 Å². The number of rotatable bonds is 8. The van der Waals surface area contributed by atoms with Crippen LogP contribution in [-0.4, -0.2) is 41.7 Å². The van der Waals surface area contributed by atoms with Crippen LogP contribution in [0.3, 0.4) is 0 Å². The van der Waals surface area contributed by atoms with Gasteiger partial charge in [-0.15, -0.1) is 0 Å². The second-order valence-corrected chi connectivity index (χ2v) is 5.38. The molecule has 0 heterocycles. The zero-order valence-corrected chi connectivity index (χ0v) is 13.4. The van der Waals surface area contributed by atoms with Crippen molar-refractivity contribution in [2.24, 2.45) is 0 Å². The number of carbonyl (C=O) groups excluding carboxylic acids is 1. The lowest BCUT2D eigenvalue weighted by atomic mass is 10.1. The number of hydrogen-bond acceptors (Lipinski definition) is 4. The molecular weight excluding hydrogens is 290 g/mol. The first-order valence-electron chi connectivity index (χ1n) is 7.21. The van der Waals surface area contributed by atoms with Gasteiger partial charge in [0.25, 0.3) is 0 Å². The van der Waals surface area contributed by atoms with Gasteiger partial charge in [-0.05, 0) is 31.0 Å². The number of halogens is 1. The van der Waals surface area contributed by atoms with Crippen LogP contribution >= 0.6 is 11.6 Å². The maximum Gasteiger partial charge on any atom is 0.238 e. The normalized spacial score (nSPS) is 11.1. The molecule has 118 valence electrons. The number of anilines is 2. The van der Waals surface area contributed by atoms with Crippen molar-refractivity contribution in [2.75, 3.05) is 30.7 Å². The Balaban J connectivity index is 2.71. The van der Waals surface area contributed by atoms with Gasteiger partial charge in [-0.1, -0.05) is 25.4 Å². The maximum atomic E-state index is 12.2. The SMILES string of the molecule is CCC(CC)N(CCO)CC(=O)Nc1cc(Cl)ccc1N. The fourth-order valence-corrected chi connectivity index (χ4v) is 2.51. The Hall–Kier alpha value is -1.30. The molecule has 0 fully saturated rings. The highest BCUT2D eigenvalue weighted by Gasteiger charge is 2.18. The summed E-state index contributed by atoms with van der Waals surface area (Å²) < 4.78 is 0. The van der Waals surface area contributed by atoms with Crippen LogP contribution < -0.4 is 11.1 Å². The largest absolute Gasteiger partial charge is 0.397 e. The van der Waals surface area contributed by atoms with Gasteiger partial charge in [0.2, 0.25) is 5.91 Å². The first kappa shape index (κ1) is 17.8. The quantitative estimate of drug-likeness (QED) is 0.644. The van der Waals surface area contributed by atoms with E-state index in [1.165, 1.54) is 0 Å². The molecule has 0 bridgehead atoms. The van der Waals surface area contributed by atoms with Gasteiger partial charge in [0, 0.05) is 17.6 Å². The van der Waals surface area contributed by atoms with Crippen molar-refractivity contribution in [3.05, 3.63) is 23.2 Å². The Morgan fingerprint density at radius 3 is 2.67 bits per heavy atom. The summed E-state index contributed by atoms with van der Waals surface area (Å²) in [6.45, 7) is 4.88. The second-order valence-electron chi connectivity index (χ2n) is 4.94. The molecule has 1 amide bonds. The summed E-state index contributed by atoms with van der Waals surface area (Å²) in [6, 6.07) is 5.24. The molecule has 0 saturated carbocycles. The van der Waals surface area contributed by atoms with Gasteiger partial charge in [-0.3, -0.25) is 9.69 Å². The van der Waals surface area contributed by atoms with Crippen LogP contribution in [0.15, 0.2) is 18.2 Å². The number of benzene rings is 1. The minimum atomic E-state index is -0.163. The summed E-state index contributed by atoms with van der Waals surface area (Å²) in [5, 5.41) is 12.4. The Kier molecular flexibility index (Phi) is 7.50. The molecule has 1 rings (SSSR count). The minimum absolute atomic E-state index is 0.0308. The van der Waals surface area contributed by atoms with Crippen molar-refractivity contribution < 1.29 is 9.90 Å². The van der Waals surface area contributed by atoms with Gasteiger partial charge in [-0.25, -0.2) is 0 Å². The smallest absolute Gasteiger partial charge is 0.238 e. The Labute approximate surface area is 131 Å². The lowest BCUT2D eigenvalue weighted by Gasteiger charge is -2.29. The lowest BCUT2D eigenvalue weighted by molar-refractivity contribution is -0.118. The summed E-state index contributed by atoms with van der Waals surface area (Å²) in [7, 11) is 0. The number of carbonyl (C=O) groups is 1. The topological polar surface area (TPSA) is 78.6 Å². The van der Waals surface area contributed by atoms with Gasteiger partial charge in [0.15, 0.2) is 0 Å². The third-order valence-corrected chi connectivity index (χ3v) is 3.72. The summed E-state index contributed by atoms with van der Waals surface area (Å²) in [4.78, 5) is 14.1. The molecule has 0 spiro atoms. The Morgan fingerprint density at radius 1 is 1.43 bits per heavy atom. The summed E-state index contributed by atoms with van der Waals surface area (Å²) in [5.41, 5.74) is 6.80. The van der Waals surface area contributed by atoms with Crippen LogP contribution in [0, 0.1) is 0 Å². The second kappa shape index (κ2) is 8.87. The zero-order chi connectivity index (χ0) is 15.8. The van der Waals surface area contributed by atoms with E-state index in [0.29, 0.717) is 22.9 Å². The number of nitrogens with zero attached hydrogens (tertiary/aromatic N) is 1. The number of aliphatic hydroxyl groups is 1. The van der Waals surface area contributed by atoms with Crippen molar-refractivity contribution >= 4 is 28.9 Å². The predicted molar refractivity (Wildman–Crippen MR) is 87.5 cm³/mol. The van der Waals surface area contributed by atoms with Crippen LogP contribution in [0.4, 0.5) is 11.4 Å². The molecular formula is C15H24ClN3O2. The number of aliphatic hydroxyl groups excluding tert-OH is 1. The van der Waals surface area contributed by atoms with E-state index in [2.05, 4.69) is 19.2 Å². The van der Waals surface area contributed by atoms with E-state index in [-0.39, 0.29) is 25.1 Å². The standard InChI is InChI=1S/C15H24ClN3O2/c1-3-12(4-2)19(7-8-20)10-15(21)18-14-9-11(16)5-6-13(14)17/h5-6,9,12,20H,3-4,7-8,10,17H2,1-2H3,(H,18,21). The van der Waals surface area contributed by atoms with Gasteiger partial charge in [0.05, 0.1) is 24.5 Å². The van der Waals surface area contributed by atoms with E-state index >= 15 is 0 Å². The maximum absolute atomic E-state index is 12.2. The molecule has 0 aliphatic carbocycles. The van der Waals surface area contributed by atoms with Crippen molar-refractivity contribution in [3.63, 3.8) is 0 Å². The van der Waals surface area contributed by atoms with Gasteiger partial charge < -0.3 is 16.2 Å². The predicted octanol–water partition coefficient (Wildman–Crippen LogP) is 2.34.